The molecule has 3 heterocycles. The molecule has 14 heteroatoms. The monoisotopic (exact) mass is 743 g/mol. The van der Waals surface area contributed by atoms with Gasteiger partial charge in [0.05, 0.1) is 22.7 Å². The molecule has 0 amide bonds. The second kappa shape index (κ2) is 16.9. The van der Waals surface area contributed by atoms with E-state index in [1.54, 1.807) is 36.9 Å². The van der Waals surface area contributed by atoms with Crippen LogP contribution in [0.5, 0.6) is 23.0 Å². The largest absolute Gasteiger partial charge is 0.488 e. The maximum absolute atomic E-state index is 11.7. The highest BCUT2D eigenvalue weighted by molar-refractivity contribution is 7.85. The van der Waals surface area contributed by atoms with Crippen LogP contribution < -0.4 is 18.9 Å². The van der Waals surface area contributed by atoms with Gasteiger partial charge < -0.3 is 23.5 Å². The Balaban J connectivity index is 1.24. The first-order chi connectivity index (χ1) is 25.1. The number of ether oxygens (including phenoxy) is 4. The summed E-state index contributed by atoms with van der Waals surface area (Å²) in [5, 5.41) is 9.71. The van der Waals surface area contributed by atoms with Crippen molar-refractivity contribution in [2.45, 2.75) is 39.6 Å². The SMILES string of the molecule is Cc1c(COc2cc(OCc3cncc(C#N)c3)c(CN(CCCn3ccnc3)CCS(=O)(=O)O)cc2Cl)cccc1-c1ccc2c(c1)OCCO2. The molecule has 5 aromatic rings. The summed E-state index contributed by atoms with van der Waals surface area (Å²) in [6, 6.07) is 19.2. The minimum Gasteiger partial charge on any atom is -0.488 e. The van der Waals surface area contributed by atoms with Crippen molar-refractivity contribution in [3.05, 3.63) is 119 Å². The van der Waals surface area contributed by atoms with Crippen LogP contribution in [-0.4, -0.2) is 64.5 Å². The van der Waals surface area contributed by atoms with E-state index >= 15 is 0 Å². The molecule has 0 spiro atoms. The van der Waals surface area contributed by atoms with Crippen molar-refractivity contribution in [1.82, 2.24) is 19.4 Å². The zero-order valence-electron chi connectivity index (χ0n) is 28.6. The van der Waals surface area contributed by atoms with Gasteiger partial charge in [-0.15, -0.1) is 0 Å². The van der Waals surface area contributed by atoms with Crippen molar-refractivity contribution >= 4 is 21.7 Å². The lowest BCUT2D eigenvalue weighted by Gasteiger charge is -2.24. The van der Waals surface area contributed by atoms with Crippen LogP contribution in [0.4, 0.5) is 0 Å². The van der Waals surface area contributed by atoms with E-state index in [0.717, 1.165) is 28.0 Å². The van der Waals surface area contributed by atoms with Gasteiger partial charge in [0.15, 0.2) is 11.5 Å². The molecule has 12 nitrogen and oxygen atoms in total. The molecule has 270 valence electrons. The van der Waals surface area contributed by atoms with E-state index in [2.05, 4.69) is 22.1 Å². The highest BCUT2D eigenvalue weighted by atomic mass is 35.5. The molecular weight excluding hydrogens is 706 g/mol. The topological polar surface area (TPSA) is 149 Å². The molecule has 1 aliphatic heterocycles. The molecule has 1 aliphatic rings. The molecule has 0 saturated heterocycles. The number of pyridine rings is 1. The maximum Gasteiger partial charge on any atom is 0.266 e. The van der Waals surface area contributed by atoms with E-state index in [0.29, 0.717) is 71.7 Å². The number of halogens is 1. The van der Waals surface area contributed by atoms with Crippen LogP contribution in [0.2, 0.25) is 5.02 Å². The summed E-state index contributed by atoms with van der Waals surface area (Å²) in [5.74, 6) is 1.89. The third-order valence-corrected chi connectivity index (χ3v) is 9.62. The number of rotatable bonds is 16. The van der Waals surface area contributed by atoms with Gasteiger partial charge in [0, 0.05) is 68.2 Å². The molecule has 0 saturated carbocycles. The Hall–Kier alpha value is -5.13. The van der Waals surface area contributed by atoms with Gasteiger partial charge in [0.25, 0.3) is 10.1 Å². The summed E-state index contributed by atoms with van der Waals surface area (Å²) in [5.41, 5.74) is 5.83. The van der Waals surface area contributed by atoms with Gasteiger partial charge in [0.1, 0.15) is 44.0 Å². The van der Waals surface area contributed by atoms with Gasteiger partial charge in [-0.3, -0.25) is 14.4 Å². The van der Waals surface area contributed by atoms with Gasteiger partial charge >= 0.3 is 0 Å². The molecule has 0 atom stereocenters. The summed E-state index contributed by atoms with van der Waals surface area (Å²) >= 11 is 6.85. The zero-order valence-corrected chi connectivity index (χ0v) is 30.1. The standard InChI is InChI=1S/C38H38ClN5O7S/c1-27-31(4-2-5-33(27)30-6-7-35-38(18-30)49-14-13-48-35)25-51-37-19-36(50-24-29-16-28(20-40)21-42-22-29)32(17-34(37)39)23-43(12-15-52(45,46)47)9-3-10-44-11-8-41-26-44/h2,4-8,11,16-19,21-22,26H,3,9-10,12-15,23-25H2,1H3,(H,45,46,47). The first kappa shape index (κ1) is 36.7. The molecular formula is C38H38ClN5O7S. The number of hydrogen-bond donors (Lipinski definition) is 1. The normalized spacial score (nSPS) is 12.4. The molecule has 0 radical (unpaired) electrons. The molecule has 3 aromatic carbocycles. The Morgan fingerprint density at radius 3 is 2.60 bits per heavy atom. The van der Waals surface area contributed by atoms with Gasteiger partial charge in [-0.25, -0.2) is 4.98 Å². The molecule has 0 fully saturated rings. The van der Waals surface area contributed by atoms with Crippen LogP contribution in [-0.2, 0) is 36.4 Å². The molecule has 2 aromatic heterocycles. The lowest BCUT2D eigenvalue weighted by Crippen LogP contribution is -2.30. The number of nitrogens with zero attached hydrogens (tertiary/aromatic N) is 5. The Kier molecular flexibility index (Phi) is 11.9. The van der Waals surface area contributed by atoms with Crippen LogP contribution in [0.3, 0.4) is 0 Å². The summed E-state index contributed by atoms with van der Waals surface area (Å²) in [6.45, 7) is 4.98. The van der Waals surface area contributed by atoms with Gasteiger partial charge in [-0.2, -0.15) is 13.7 Å². The van der Waals surface area contributed by atoms with E-state index in [9.17, 15) is 18.2 Å². The van der Waals surface area contributed by atoms with Crippen LogP contribution in [0.25, 0.3) is 11.1 Å². The first-order valence-corrected chi connectivity index (χ1v) is 18.7. The molecule has 52 heavy (non-hydrogen) atoms. The minimum absolute atomic E-state index is 0.0885. The van der Waals surface area contributed by atoms with E-state index in [1.807, 2.05) is 52.9 Å². The number of benzene rings is 3. The quantitative estimate of drug-likeness (QED) is 0.111. The summed E-state index contributed by atoms with van der Waals surface area (Å²) < 4.78 is 59.0. The van der Waals surface area contributed by atoms with Gasteiger partial charge in [-0.05, 0) is 59.9 Å². The van der Waals surface area contributed by atoms with Gasteiger partial charge in [0.2, 0.25) is 0 Å². The Bertz CT molecular complexity index is 2160. The van der Waals surface area contributed by atoms with Crippen molar-refractivity contribution in [3.63, 3.8) is 0 Å². The van der Waals surface area contributed by atoms with Crippen LogP contribution in [0, 0.1) is 18.3 Å². The summed E-state index contributed by atoms with van der Waals surface area (Å²) in [4.78, 5) is 10.1. The Morgan fingerprint density at radius 2 is 1.81 bits per heavy atom. The third kappa shape index (κ3) is 9.80. The zero-order chi connectivity index (χ0) is 36.5. The number of imidazole rings is 1. The second-order valence-electron chi connectivity index (χ2n) is 12.3. The maximum atomic E-state index is 11.7. The smallest absolute Gasteiger partial charge is 0.266 e. The number of aryl methyl sites for hydroxylation is 1. The van der Waals surface area contributed by atoms with Crippen molar-refractivity contribution in [2.24, 2.45) is 0 Å². The minimum atomic E-state index is -4.20. The van der Waals surface area contributed by atoms with E-state index in [4.69, 9.17) is 30.5 Å². The van der Waals surface area contributed by atoms with Crippen molar-refractivity contribution < 1.29 is 31.9 Å². The molecule has 0 unspecified atom stereocenters. The predicted molar refractivity (Wildman–Crippen MR) is 195 cm³/mol. The van der Waals surface area contributed by atoms with E-state index in [-0.39, 0.29) is 26.3 Å². The lowest BCUT2D eigenvalue weighted by atomic mass is 9.96. The van der Waals surface area contributed by atoms with E-state index < -0.39 is 15.9 Å². The number of hydrogen-bond acceptors (Lipinski definition) is 10. The fourth-order valence-electron chi connectivity index (χ4n) is 5.90. The molecule has 1 N–H and O–H groups in total. The Morgan fingerprint density at radius 1 is 0.981 bits per heavy atom. The van der Waals surface area contributed by atoms with Crippen molar-refractivity contribution in [1.29, 1.82) is 5.26 Å². The second-order valence-corrected chi connectivity index (χ2v) is 14.3. The highest BCUT2D eigenvalue weighted by Crippen LogP contribution is 2.38. The highest BCUT2D eigenvalue weighted by Gasteiger charge is 2.19. The molecule has 0 aliphatic carbocycles. The first-order valence-electron chi connectivity index (χ1n) is 16.7. The Labute approximate surface area is 307 Å². The van der Waals surface area contributed by atoms with E-state index in [1.165, 1.54) is 6.20 Å². The predicted octanol–water partition coefficient (Wildman–Crippen LogP) is 6.49. The van der Waals surface area contributed by atoms with Crippen molar-refractivity contribution in [3.8, 4) is 40.2 Å². The summed E-state index contributed by atoms with van der Waals surface area (Å²) in [6.07, 6.45) is 9.08. The third-order valence-electron chi connectivity index (χ3n) is 8.62. The molecule has 6 rings (SSSR count). The molecule has 0 bridgehead atoms. The number of aromatic nitrogens is 3. The average molecular weight is 744 g/mol. The average Bonchev–Trinajstić information content (AvgIpc) is 3.66. The fourth-order valence-corrected chi connectivity index (χ4v) is 6.63. The fraction of sp³-hybridized carbons (Fsp3) is 0.289. The van der Waals surface area contributed by atoms with Crippen molar-refractivity contribution in [2.75, 3.05) is 32.1 Å². The van der Waals surface area contributed by atoms with Crippen LogP contribution in [0.1, 0.15) is 34.2 Å². The lowest BCUT2D eigenvalue weighted by molar-refractivity contribution is 0.171. The number of fused-ring (bicyclic) bond motifs is 1. The van der Waals surface area contributed by atoms with Gasteiger partial charge in [-0.1, -0.05) is 35.9 Å². The van der Waals surface area contributed by atoms with Crippen LogP contribution in [0.15, 0.2) is 85.7 Å². The number of nitriles is 1. The van der Waals surface area contributed by atoms with Crippen LogP contribution >= 0.6 is 11.6 Å². The summed E-state index contributed by atoms with van der Waals surface area (Å²) in [7, 11) is -4.20.